The van der Waals surface area contributed by atoms with Crippen molar-refractivity contribution >= 4 is 22.9 Å². The van der Waals surface area contributed by atoms with Crippen molar-refractivity contribution in [3.05, 3.63) is 29.5 Å². The van der Waals surface area contributed by atoms with Gasteiger partial charge in [-0.05, 0) is 25.1 Å². The molecule has 1 heterocycles. The third kappa shape index (κ3) is 2.59. The molecule has 0 N–H and O–H groups in total. The topological polar surface area (TPSA) is 75.0 Å². The Morgan fingerprint density at radius 2 is 2.00 bits per heavy atom. The van der Waals surface area contributed by atoms with Gasteiger partial charge in [-0.1, -0.05) is 0 Å². The molecule has 0 unspecified atom stereocenters. The fourth-order valence-corrected chi connectivity index (χ4v) is 1.77. The van der Waals surface area contributed by atoms with E-state index in [2.05, 4.69) is 4.74 Å². The number of carbonyl (C=O) groups is 2. The molecule has 0 fully saturated rings. The maximum Gasteiger partial charge on any atom is 0.375 e. The van der Waals surface area contributed by atoms with Crippen LogP contribution >= 0.6 is 0 Å². The normalized spacial score (nSPS) is 10.3. The van der Waals surface area contributed by atoms with Gasteiger partial charge in [0.1, 0.15) is 11.3 Å². The minimum Gasteiger partial charge on any atom is -0.497 e. The molecule has 106 valence electrons. The van der Waals surface area contributed by atoms with Crippen molar-refractivity contribution < 1.29 is 28.2 Å². The van der Waals surface area contributed by atoms with Crippen LogP contribution < -0.4 is 4.74 Å². The minimum atomic E-state index is -0.705. The highest BCUT2D eigenvalue weighted by atomic mass is 16.6. The van der Waals surface area contributed by atoms with E-state index in [1.807, 2.05) is 0 Å². The molecule has 2 rings (SSSR count). The Morgan fingerprint density at radius 1 is 1.25 bits per heavy atom. The van der Waals surface area contributed by atoms with Gasteiger partial charge in [-0.25, -0.2) is 9.59 Å². The monoisotopic (exact) mass is 278 g/mol. The summed E-state index contributed by atoms with van der Waals surface area (Å²) in [6, 6.07) is 5.21. The molecule has 0 aliphatic rings. The molecule has 2 aromatic rings. The number of fused-ring (bicyclic) bond motifs is 1. The number of hydrogen-bond donors (Lipinski definition) is 0. The van der Waals surface area contributed by atoms with Gasteiger partial charge in [-0.15, -0.1) is 0 Å². The van der Waals surface area contributed by atoms with Crippen LogP contribution in [0.3, 0.4) is 0 Å². The van der Waals surface area contributed by atoms with Gasteiger partial charge in [0.2, 0.25) is 5.76 Å². The van der Waals surface area contributed by atoms with E-state index in [-0.39, 0.29) is 5.76 Å². The number of aryl methyl sites for hydroxylation is 1. The Morgan fingerprint density at radius 3 is 2.65 bits per heavy atom. The van der Waals surface area contributed by atoms with Crippen LogP contribution in [0.25, 0.3) is 11.0 Å². The summed E-state index contributed by atoms with van der Waals surface area (Å²) in [4.78, 5) is 22.8. The van der Waals surface area contributed by atoms with Crippen LogP contribution in [-0.2, 0) is 14.3 Å². The maximum absolute atomic E-state index is 11.9. The van der Waals surface area contributed by atoms with Gasteiger partial charge in [0.15, 0.2) is 6.61 Å². The van der Waals surface area contributed by atoms with Crippen molar-refractivity contribution in [2.24, 2.45) is 0 Å². The lowest BCUT2D eigenvalue weighted by molar-refractivity contribution is -0.144. The van der Waals surface area contributed by atoms with Gasteiger partial charge in [-0.3, -0.25) is 0 Å². The van der Waals surface area contributed by atoms with E-state index >= 15 is 0 Å². The smallest absolute Gasteiger partial charge is 0.375 e. The highest BCUT2D eigenvalue weighted by Crippen LogP contribution is 2.29. The average molecular weight is 278 g/mol. The molecule has 0 saturated heterocycles. The van der Waals surface area contributed by atoms with Crippen LogP contribution in [0.4, 0.5) is 0 Å². The van der Waals surface area contributed by atoms with Gasteiger partial charge in [0.25, 0.3) is 0 Å². The molecule has 0 aliphatic carbocycles. The van der Waals surface area contributed by atoms with E-state index in [1.54, 1.807) is 32.2 Å². The highest BCUT2D eigenvalue weighted by molar-refractivity contribution is 5.96. The molecule has 6 heteroatoms. The van der Waals surface area contributed by atoms with Crippen LogP contribution in [0.2, 0.25) is 0 Å². The number of carbonyl (C=O) groups excluding carboxylic acids is 2. The van der Waals surface area contributed by atoms with Crippen LogP contribution in [0.1, 0.15) is 16.1 Å². The average Bonchev–Trinajstić information content (AvgIpc) is 2.81. The molecule has 0 bridgehead atoms. The molecule has 6 nitrogen and oxygen atoms in total. The molecule has 0 saturated carbocycles. The third-order valence-electron chi connectivity index (χ3n) is 2.88. The quantitative estimate of drug-likeness (QED) is 0.797. The van der Waals surface area contributed by atoms with Crippen LogP contribution in [-0.4, -0.2) is 32.8 Å². The van der Waals surface area contributed by atoms with Gasteiger partial charge in [-0.2, -0.15) is 0 Å². The molecule has 0 amide bonds. The summed E-state index contributed by atoms with van der Waals surface area (Å²) < 4.78 is 19.8. The Bertz CT molecular complexity index is 655. The van der Waals surface area contributed by atoms with Gasteiger partial charge >= 0.3 is 11.9 Å². The molecular formula is C14H14O6. The first-order valence-corrected chi connectivity index (χ1v) is 5.88. The highest BCUT2D eigenvalue weighted by Gasteiger charge is 2.20. The van der Waals surface area contributed by atoms with E-state index in [4.69, 9.17) is 13.9 Å². The molecule has 20 heavy (non-hydrogen) atoms. The van der Waals surface area contributed by atoms with Crippen molar-refractivity contribution in [1.82, 2.24) is 0 Å². The summed E-state index contributed by atoms with van der Waals surface area (Å²) in [5, 5.41) is 0.759. The Hall–Kier alpha value is -2.50. The largest absolute Gasteiger partial charge is 0.497 e. The number of rotatable bonds is 4. The minimum absolute atomic E-state index is 0.0668. The summed E-state index contributed by atoms with van der Waals surface area (Å²) in [5.74, 6) is -0.607. The zero-order valence-corrected chi connectivity index (χ0v) is 11.4. The number of hydrogen-bond acceptors (Lipinski definition) is 6. The van der Waals surface area contributed by atoms with E-state index in [9.17, 15) is 9.59 Å². The fourth-order valence-electron chi connectivity index (χ4n) is 1.77. The second-order valence-electron chi connectivity index (χ2n) is 4.07. The van der Waals surface area contributed by atoms with Crippen LogP contribution in [0.15, 0.2) is 22.6 Å². The van der Waals surface area contributed by atoms with E-state index in [0.717, 1.165) is 5.39 Å². The molecule has 0 radical (unpaired) electrons. The Labute approximate surface area is 115 Å². The standard InChI is InChI=1S/C14H14O6/c1-8-10-6-9(17-2)4-5-11(10)20-13(8)14(16)19-7-12(15)18-3/h4-6H,7H2,1-3H3. The van der Waals surface area contributed by atoms with Crippen LogP contribution in [0, 0.1) is 6.92 Å². The third-order valence-corrected chi connectivity index (χ3v) is 2.88. The predicted octanol–water partition coefficient (Wildman–Crippen LogP) is 2.08. The van der Waals surface area contributed by atoms with Crippen molar-refractivity contribution in [3.63, 3.8) is 0 Å². The van der Waals surface area contributed by atoms with E-state index in [1.165, 1.54) is 7.11 Å². The maximum atomic E-state index is 11.9. The molecule has 1 aromatic carbocycles. The van der Waals surface area contributed by atoms with E-state index < -0.39 is 18.5 Å². The van der Waals surface area contributed by atoms with Gasteiger partial charge < -0.3 is 18.6 Å². The molecular weight excluding hydrogens is 264 g/mol. The van der Waals surface area contributed by atoms with E-state index in [0.29, 0.717) is 16.9 Å². The SMILES string of the molecule is COC(=O)COC(=O)c1oc2ccc(OC)cc2c1C. The second kappa shape index (κ2) is 5.64. The number of benzene rings is 1. The van der Waals surface area contributed by atoms with Gasteiger partial charge in [0, 0.05) is 10.9 Å². The second-order valence-corrected chi connectivity index (χ2v) is 4.07. The Balaban J connectivity index is 2.28. The number of furan rings is 1. The first-order chi connectivity index (χ1) is 9.56. The molecule has 0 aliphatic heterocycles. The predicted molar refractivity (Wildman–Crippen MR) is 69.8 cm³/mol. The van der Waals surface area contributed by atoms with Crippen molar-refractivity contribution in [1.29, 1.82) is 0 Å². The lowest BCUT2D eigenvalue weighted by Gasteiger charge is -2.01. The summed E-state index contributed by atoms with van der Waals surface area (Å²) >= 11 is 0. The zero-order chi connectivity index (χ0) is 14.7. The fraction of sp³-hybridized carbons (Fsp3) is 0.286. The summed E-state index contributed by atoms with van der Waals surface area (Å²) in [5.41, 5.74) is 1.18. The number of esters is 2. The molecule has 0 atom stereocenters. The zero-order valence-electron chi connectivity index (χ0n) is 11.4. The summed E-state index contributed by atoms with van der Waals surface area (Å²) in [7, 11) is 2.77. The Kier molecular flexibility index (Phi) is 3.93. The summed E-state index contributed by atoms with van der Waals surface area (Å²) in [6.45, 7) is 1.29. The van der Waals surface area contributed by atoms with Crippen molar-refractivity contribution in [2.45, 2.75) is 6.92 Å². The lowest BCUT2D eigenvalue weighted by Crippen LogP contribution is -2.15. The van der Waals surface area contributed by atoms with Crippen LogP contribution in [0.5, 0.6) is 5.75 Å². The molecule has 1 aromatic heterocycles. The van der Waals surface area contributed by atoms with Gasteiger partial charge in [0.05, 0.1) is 14.2 Å². The van der Waals surface area contributed by atoms with Crippen molar-refractivity contribution in [2.75, 3.05) is 20.8 Å². The number of ether oxygens (including phenoxy) is 3. The number of methoxy groups -OCH3 is 2. The molecule has 0 spiro atoms. The lowest BCUT2D eigenvalue weighted by atomic mass is 10.1. The first kappa shape index (κ1) is 13.9. The summed E-state index contributed by atoms with van der Waals surface area (Å²) in [6.07, 6.45) is 0. The van der Waals surface area contributed by atoms with Crippen molar-refractivity contribution in [3.8, 4) is 5.75 Å². The first-order valence-electron chi connectivity index (χ1n) is 5.88.